The summed E-state index contributed by atoms with van der Waals surface area (Å²) in [6.45, 7) is 0.178. The molecule has 1 aromatic carbocycles. The van der Waals surface area contributed by atoms with Crippen LogP contribution in [0.25, 0.3) is 0 Å². The van der Waals surface area contributed by atoms with Gasteiger partial charge in [0, 0.05) is 17.5 Å². The zero-order valence-electron chi connectivity index (χ0n) is 10.1. The molecule has 3 nitrogen and oxygen atoms in total. The molecule has 2 N–H and O–H groups in total. The molecular weight excluding hydrogens is 234 g/mol. The lowest BCUT2D eigenvalue weighted by Gasteiger charge is -2.37. The van der Waals surface area contributed by atoms with Crippen molar-refractivity contribution in [2.45, 2.75) is 18.4 Å². The third kappa shape index (κ3) is 3.07. The largest absolute Gasteiger partial charge is 0.497 e. The number of ether oxygens (including phenoxy) is 1. The Labute approximate surface area is 107 Å². The Morgan fingerprint density at radius 1 is 1.53 bits per heavy atom. The maximum absolute atomic E-state index is 9.62. The second-order valence-corrected chi connectivity index (χ2v) is 5.56. The molecule has 1 fully saturated rings. The molecule has 0 radical (unpaired) electrons. The van der Waals surface area contributed by atoms with E-state index >= 15 is 0 Å². The van der Waals surface area contributed by atoms with Gasteiger partial charge >= 0.3 is 0 Å². The quantitative estimate of drug-likeness (QED) is 0.864. The Hall–Kier alpha value is -0.870. The highest BCUT2D eigenvalue weighted by Crippen LogP contribution is 2.30. The van der Waals surface area contributed by atoms with Gasteiger partial charge in [-0.05, 0) is 30.7 Å². The van der Waals surface area contributed by atoms with Crippen LogP contribution in [-0.4, -0.2) is 35.9 Å². The van der Waals surface area contributed by atoms with Crippen molar-refractivity contribution in [3.05, 3.63) is 24.3 Å². The van der Waals surface area contributed by atoms with Gasteiger partial charge in [-0.2, -0.15) is 11.8 Å². The molecule has 0 aliphatic carbocycles. The van der Waals surface area contributed by atoms with Crippen molar-refractivity contribution in [3.8, 4) is 5.75 Å². The van der Waals surface area contributed by atoms with E-state index in [0.717, 1.165) is 30.0 Å². The van der Waals surface area contributed by atoms with Crippen molar-refractivity contribution in [3.63, 3.8) is 0 Å². The second-order valence-electron chi connectivity index (χ2n) is 4.45. The van der Waals surface area contributed by atoms with Gasteiger partial charge in [-0.1, -0.05) is 6.07 Å². The van der Waals surface area contributed by atoms with Crippen molar-refractivity contribution in [2.75, 3.05) is 30.5 Å². The van der Waals surface area contributed by atoms with Gasteiger partial charge in [-0.3, -0.25) is 0 Å². The average Bonchev–Trinajstić information content (AvgIpc) is 2.40. The molecule has 1 aliphatic heterocycles. The van der Waals surface area contributed by atoms with Crippen LogP contribution >= 0.6 is 11.8 Å². The molecule has 0 bridgehead atoms. The molecule has 4 heteroatoms. The first-order valence-electron chi connectivity index (χ1n) is 5.89. The molecule has 1 aliphatic rings. The van der Waals surface area contributed by atoms with E-state index in [0.29, 0.717) is 0 Å². The van der Waals surface area contributed by atoms with Crippen molar-refractivity contribution >= 4 is 17.4 Å². The number of thioether (sulfide) groups is 1. The van der Waals surface area contributed by atoms with Crippen LogP contribution in [0, 0.1) is 0 Å². The van der Waals surface area contributed by atoms with Crippen LogP contribution in [0.15, 0.2) is 24.3 Å². The normalized spacial score (nSPS) is 24.4. The number of aliphatic hydroxyl groups is 1. The van der Waals surface area contributed by atoms with Gasteiger partial charge in [-0.25, -0.2) is 0 Å². The summed E-state index contributed by atoms with van der Waals surface area (Å²) in [5, 5.41) is 13.1. The minimum absolute atomic E-state index is 0.171. The number of benzene rings is 1. The fraction of sp³-hybridized carbons (Fsp3) is 0.538. The first-order valence-corrected chi connectivity index (χ1v) is 7.04. The van der Waals surface area contributed by atoms with Crippen LogP contribution in [0.2, 0.25) is 0 Å². The number of aliphatic hydroxyl groups excluding tert-OH is 1. The van der Waals surface area contributed by atoms with Crippen LogP contribution in [0.3, 0.4) is 0 Å². The first-order chi connectivity index (χ1) is 8.28. The Bertz CT molecular complexity index is 364. The molecule has 1 aromatic rings. The third-order valence-electron chi connectivity index (χ3n) is 3.10. The smallest absolute Gasteiger partial charge is 0.120 e. The molecule has 1 unspecified atom stereocenters. The highest BCUT2D eigenvalue weighted by molar-refractivity contribution is 7.99. The van der Waals surface area contributed by atoms with Crippen LogP contribution in [0.5, 0.6) is 5.75 Å². The maximum atomic E-state index is 9.62. The lowest BCUT2D eigenvalue weighted by molar-refractivity contribution is 0.215. The van der Waals surface area contributed by atoms with E-state index in [1.807, 2.05) is 36.0 Å². The fourth-order valence-electron chi connectivity index (χ4n) is 2.12. The standard InChI is InChI=1S/C13H19NO2S/c1-16-12-5-2-4-11(8-12)14-13(9-15)6-3-7-17-10-13/h2,4-5,8,14-15H,3,6-7,9-10H2,1H3. The van der Waals surface area contributed by atoms with Gasteiger partial charge in [-0.15, -0.1) is 0 Å². The van der Waals surface area contributed by atoms with Gasteiger partial charge < -0.3 is 15.2 Å². The van der Waals surface area contributed by atoms with E-state index in [1.54, 1.807) is 7.11 Å². The summed E-state index contributed by atoms with van der Waals surface area (Å²) in [6, 6.07) is 7.87. The average molecular weight is 253 g/mol. The number of hydrogen-bond acceptors (Lipinski definition) is 4. The zero-order chi connectivity index (χ0) is 12.1. The summed E-state index contributed by atoms with van der Waals surface area (Å²) in [4.78, 5) is 0. The van der Waals surface area contributed by atoms with E-state index in [1.165, 1.54) is 5.75 Å². The SMILES string of the molecule is COc1cccc(NC2(CO)CCCSC2)c1. The highest BCUT2D eigenvalue weighted by atomic mass is 32.2. The number of nitrogens with one attached hydrogen (secondary N) is 1. The minimum atomic E-state index is -0.171. The summed E-state index contributed by atoms with van der Waals surface area (Å²) in [5.74, 6) is 2.99. The number of hydrogen-bond donors (Lipinski definition) is 2. The number of methoxy groups -OCH3 is 1. The predicted octanol–water partition coefficient (Wildman–Crippen LogP) is 2.37. The van der Waals surface area contributed by atoms with Crippen molar-refractivity contribution in [1.29, 1.82) is 0 Å². The topological polar surface area (TPSA) is 41.5 Å². The maximum Gasteiger partial charge on any atom is 0.120 e. The van der Waals surface area contributed by atoms with Gasteiger partial charge in [0.25, 0.3) is 0 Å². The summed E-state index contributed by atoms with van der Waals surface area (Å²) < 4.78 is 5.20. The van der Waals surface area contributed by atoms with E-state index < -0.39 is 0 Å². The second kappa shape index (κ2) is 5.65. The van der Waals surface area contributed by atoms with Gasteiger partial charge in [0.15, 0.2) is 0 Å². The Kier molecular flexibility index (Phi) is 4.18. The van der Waals surface area contributed by atoms with E-state index in [-0.39, 0.29) is 12.1 Å². The van der Waals surface area contributed by atoms with Crippen LogP contribution < -0.4 is 10.1 Å². The lowest BCUT2D eigenvalue weighted by Crippen LogP contribution is -2.46. The molecule has 2 rings (SSSR count). The Morgan fingerprint density at radius 3 is 3.06 bits per heavy atom. The molecule has 1 heterocycles. The van der Waals surface area contributed by atoms with E-state index in [2.05, 4.69) is 5.32 Å². The number of rotatable bonds is 4. The monoisotopic (exact) mass is 253 g/mol. The molecule has 0 spiro atoms. The van der Waals surface area contributed by atoms with Gasteiger partial charge in [0.05, 0.1) is 19.3 Å². The van der Waals surface area contributed by atoms with Crippen molar-refractivity contribution < 1.29 is 9.84 Å². The number of anilines is 1. The predicted molar refractivity (Wildman–Crippen MR) is 73.0 cm³/mol. The minimum Gasteiger partial charge on any atom is -0.497 e. The summed E-state index contributed by atoms with van der Waals surface area (Å²) in [6.07, 6.45) is 2.18. The molecular formula is C13H19NO2S. The van der Waals surface area contributed by atoms with Crippen molar-refractivity contribution in [1.82, 2.24) is 0 Å². The molecule has 17 heavy (non-hydrogen) atoms. The fourth-order valence-corrected chi connectivity index (χ4v) is 3.31. The van der Waals surface area contributed by atoms with Crippen molar-refractivity contribution in [2.24, 2.45) is 0 Å². The molecule has 1 saturated heterocycles. The molecule has 1 atom stereocenters. The van der Waals surface area contributed by atoms with Gasteiger partial charge in [0.1, 0.15) is 5.75 Å². The summed E-state index contributed by atoms with van der Waals surface area (Å²) >= 11 is 1.90. The summed E-state index contributed by atoms with van der Waals surface area (Å²) in [7, 11) is 1.66. The summed E-state index contributed by atoms with van der Waals surface area (Å²) in [5.41, 5.74) is 0.843. The lowest BCUT2D eigenvalue weighted by atomic mass is 9.96. The third-order valence-corrected chi connectivity index (χ3v) is 4.44. The molecule has 0 aromatic heterocycles. The van der Waals surface area contributed by atoms with E-state index in [9.17, 15) is 5.11 Å². The van der Waals surface area contributed by atoms with Crippen LogP contribution in [-0.2, 0) is 0 Å². The first kappa shape index (κ1) is 12.6. The van der Waals surface area contributed by atoms with Crippen LogP contribution in [0.4, 0.5) is 5.69 Å². The Balaban J connectivity index is 2.11. The highest BCUT2D eigenvalue weighted by Gasteiger charge is 2.31. The Morgan fingerprint density at radius 2 is 2.41 bits per heavy atom. The molecule has 0 amide bonds. The van der Waals surface area contributed by atoms with Gasteiger partial charge in [0.2, 0.25) is 0 Å². The molecule has 0 saturated carbocycles. The molecule has 94 valence electrons. The van der Waals surface area contributed by atoms with E-state index in [4.69, 9.17) is 4.74 Å². The zero-order valence-corrected chi connectivity index (χ0v) is 10.9. The van der Waals surface area contributed by atoms with Crippen LogP contribution in [0.1, 0.15) is 12.8 Å².